The Labute approximate surface area is 129 Å². The molecule has 5 nitrogen and oxygen atoms in total. The largest absolute Gasteiger partial charge is 0.487 e. The zero-order chi connectivity index (χ0) is 15.1. The Kier molecular flexibility index (Phi) is 6.17. The fraction of sp³-hybridized carbons (Fsp3) is 0.600. The second kappa shape index (κ2) is 8.12. The lowest BCUT2D eigenvalue weighted by atomic mass is 10.2. The van der Waals surface area contributed by atoms with Crippen LogP contribution >= 0.6 is 11.8 Å². The highest BCUT2D eigenvalue weighted by molar-refractivity contribution is 7.99. The predicted molar refractivity (Wildman–Crippen MR) is 87.5 cm³/mol. The molecule has 1 aromatic carbocycles. The second-order valence-corrected chi connectivity index (χ2v) is 6.57. The molecule has 0 saturated carbocycles. The first-order valence-electron chi connectivity index (χ1n) is 7.47. The first-order chi connectivity index (χ1) is 10.2. The number of hydrogen-bond donors (Lipinski definition) is 1. The van der Waals surface area contributed by atoms with Gasteiger partial charge in [-0.2, -0.15) is 11.8 Å². The molecule has 1 N–H and O–H groups in total. The Morgan fingerprint density at radius 3 is 3.00 bits per heavy atom. The van der Waals surface area contributed by atoms with Crippen molar-refractivity contribution in [2.75, 3.05) is 24.2 Å². The van der Waals surface area contributed by atoms with Gasteiger partial charge in [0.2, 0.25) is 0 Å². The van der Waals surface area contributed by atoms with Gasteiger partial charge < -0.3 is 10.1 Å². The van der Waals surface area contributed by atoms with Crippen molar-refractivity contribution in [1.82, 2.24) is 0 Å². The van der Waals surface area contributed by atoms with Gasteiger partial charge in [-0.25, -0.2) is 0 Å². The van der Waals surface area contributed by atoms with Crippen LogP contribution in [0.25, 0.3) is 0 Å². The van der Waals surface area contributed by atoms with Crippen LogP contribution in [0, 0.1) is 10.1 Å². The molecule has 1 saturated heterocycles. The predicted octanol–water partition coefficient (Wildman–Crippen LogP) is 4.08. The van der Waals surface area contributed by atoms with E-state index in [4.69, 9.17) is 4.74 Å². The van der Waals surface area contributed by atoms with Crippen LogP contribution in [0.1, 0.15) is 32.6 Å². The number of nitro benzene ring substituents is 1. The van der Waals surface area contributed by atoms with E-state index in [2.05, 4.69) is 5.32 Å². The summed E-state index contributed by atoms with van der Waals surface area (Å²) in [6.45, 7) is 3.37. The van der Waals surface area contributed by atoms with Crippen molar-refractivity contribution >= 4 is 23.1 Å². The zero-order valence-electron chi connectivity index (χ0n) is 12.3. The van der Waals surface area contributed by atoms with E-state index in [0.29, 0.717) is 17.6 Å². The molecule has 1 aliphatic heterocycles. The summed E-state index contributed by atoms with van der Waals surface area (Å²) in [7, 11) is 0. The van der Waals surface area contributed by atoms with Gasteiger partial charge in [0.1, 0.15) is 0 Å². The average molecular weight is 310 g/mol. The summed E-state index contributed by atoms with van der Waals surface area (Å²) in [6.07, 6.45) is 4.68. The lowest BCUT2D eigenvalue weighted by Gasteiger charge is -2.22. The van der Waals surface area contributed by atoms with Crippen LogP contribution in [0.5, 0.6) is 5.75 Å². The van der Waals surface area contributed by atoms with Crippen LogP contribution in [0.4, 0.5) is 11.4 Å². The SMILES string of the molecule is CCCOc1cc(NCC2CCCCS2)ccc1[N+](=O)[O-]. The van der Waals surface area contributed by atoms with Crippen molar-refractivity contribution in [2.45, 2.75) is 37.9 Å². The molecule has 0 radical (unpaired) electrons. The molecule has 1 aliphatic rings. The quantitative estimate of drug-likeness (QED) is 0.607. The van der Waals surface area contributed by atoms with Gasteiger partial charge in [-0.05, 0) is 31.1 Å². The van der Waals surface area contributed by atoms with E-state index in [1.165, 1.54) is 31.1 Å². The maximum Gasteiger partial charge on any atom is 0.311 e. The Morgan fingerprint density at radius 1 is 1.48 bits per heavy atom. The number of anilines is 1. The van der Waals surface area contributed by atoms with Crippen molar-refractivity contribution < 1.29 is 9.66 Å². The van der Waals surface area contributed by atoms with Crippen LogP contribution in [0.15, 0.2) is 18.2 Å². The number of nitrogens with one attached hydrogen (secondary N) is 1. The van der Waals surface area contributed by atoms with E-state index >= 15 is 0 Å². The van der Waals surface area contributed by atoms with E-state index < -0.39 is 4.92 Å². The summed E-state index contributed by atoms with van der Waals surface area (Å²) in [5.74, 6) is 1.58. The lowest BCUT2D eigenvalue weighted by Crippen LogP contribution is -2.20. The van der Waals surface area contributed by atoms with E-state index in [9.17, 15) is 10.1 Å². The first-order valence-corrected chi connectivity index (χ1v) is 8.52. The summed E-state index contributed by atoms with van der Waals surface area (Å²) in [5, 5.41) is 15.0. The molecule has 21 heavy (non-hydrogen) atoms. The molecule has 0 spiro atoms. The molecule has 1 atom stereocenters. The molecule has 1 unspecified atom stereocenters. The molecular formula is C15H22N2O3S. The third-order valence-corrected chi connectivity index (χ3v) is 4.82. The highest BCUT2D eigenvalue weighted by Gasteiger charge is 2.17. The van der Waals surface area contributed by atoms with Crippen molar-refractivity contribution in [3.05, 3.63) is 28.3 Å². The number of hydrogen-bond acceptors (Lipinski definition) is 5. The summed E-state index contributed by atoms with van der Waals surface area (Å²) < 4.78 is 5.49. The van der Waals surface area contributed by atoms with E-state index in [0.717, 1.165) is 18.7 Å². The highest BCUT2D eigenvalue weighted by Crippen LogP contribution is 2.31. The van der Waals surface area contributed by atoms with Gasteiger partial charge in [0.25, 0.3) is 0 Å². The maximum absolute atomic E-state index is 11.0. The van der Waals surface area contributed by atoms with Crippen molar-refractivity contribution in [3.8, 4) is 5.75 Å². The molecular weight excluding hydrogens is 288 g/mol. The molecule has 1 aromatic rings. The normalized spacial score (nSPS) is 18.2. The maximum atomic E-state index is 11.0. The van der Waals surface area contributed by atoms with Crippen LogP contribution in [0.3, 0.4) is 0 Å². The molecule has 2 rings (SSSR count). The summed E-state index contributed by atoms with van der Waals surface area (Å²) in [5.41, 5.74) is 0.916. The number of nitrogens with zero attached hydrogens (tertiary/aromatic N) is 1. The minimum Gasteiger partial charge on any atom is -0.487 e. The number of ether oxygens (including phenoxy) is 1. The lowest BCUT2D eigenvalue weighted by molar-refractivity contribution is -0.385. The van der Waals surface area contributed by atoms with E-state index in [1.807, 2.05) is 18.7 Å². The summed E-state index contributed by atoms with van der Waals surface area (Å²) in [4.78, 5) is 10.6. The fourth-order valence-corrected chi connectivity index (χ4v) is 3.54. The molecule has 116 valence electrons. The van der Waals surface area contributed by atoms with Gasteiger partial charge in [0.05, 0.1) is 11.5 Å². The van der Waals surface area contributed by atoms with Gasteiger partial charge in [0, 0.05) is 29.6 Å². The Balaban J connectivity index is 2.00. The first kappa shape index (κ1) is 15.9. The van der Waals surface area contributed by atoms with Crippen LogP contribution in [-0.4, -0.2) is 29.1 Å². The molecule has 0 bridgehead atoms. The number of benzene rings is 1. The highest BCUT2D eigenvalue weighted by atomic mass is 32.2. The zero-order valence-corrected chi connectivity index (χ0v) is 13.2. The fourth-order valence-electron chi connectivity index (χ4n) is 2.30. The van der Waals surface area contributed by atoms with Crippen molar-refractivity contribution in [1.29, 1.82) is 0 Å². The third kappa shape index (κ3) is 4.81. The Bertz CT molecular complexity index is 476. The molecule has 6 heteroatoms. The molecule has 1 fully saturated rings. The minimum absolute atomic E-state index is 0.0287. The minimum atomic E-state index is -0.397. The molecule has 0 amide bonds. The molecule has 1 heterocycles. The molecule has 0 aromatic heterocycles. The van der Waals surface area contributed by atoms with Gasteiger partial charge in [-0.1, -0.05) is 13.3 Å². The van der Waals surface area contributed by atoms with Crippen LogP contribution in [-0.2, 0) is 0 Å². The van der Waals surface area contributed by atoms with E-state index in [-0.39, 0.29) is 5.69 Å². The number of thioether (sulfide) groups is 1. The van der Waals surface area contributed by atoms with Crippen molar-refractivity contribution in [3.63, 3.8) is 0 Å². The monoisotopic (exact) mass is 310 g/mol. The van der Waals surface area contributed by atoms with Gasteiger partial charge in [0.15, 0.2) is 5.75 Å². The van der Waals surface area contributed by atoms with Gasteiger partial charge in [-0.3, -0.25) is 10.1 Å². The number of nitro groups is 1. The van der Waals surface area contributed by atoms with Crippen molar-refractivity contribution in [2.24, 2.45) is 0 Å². The van der Waals surface area contributed by atoms with E-state index in [1.54, 1.807) is 12.1 Å². The van der Waals surface area contributed by atoms with Gasteiger partial charge in [-0.15, -0.1) is 0 Å². The topological polar surface area (TPSA) is 64.4 Å². The standard InChI is InChI=1S/C15H22N2O3S/c1-2-8-20-15-10-12(6-7-14(15)17(18)19)16-11-13-5-3-4-9-21-13/h6-7,10,13,16H,2-5,8-9,11H2,1H3. The number of rotatable bonds is 7. The third-order valence-electron chi connectivity index (χ3n) is 3.43. The molecule has 0 aliphatic carbocycles. The Morgan fingerprint density at radius 2 is 2.33 bits per heavy atom. The Hall–Kier alpha value is -1.43. The average Bonchev–Trinajstić information content (AvgIpc) is 2.51. The smallest absolute Gasteiger partial charge is 0.311 e. The van der Waals surface area contributed by atoms with Crippen LogP contribution in [0.2, 0.25) is 0 Å². The summed E-state index contributed by atoms with van der Waals surface area (Å²) in [6, 6.07) is 5.01. The second-order valence-electron chi connectivity index (χ2n) is 5.16. The summed E-state index contributed by atoms with van der Waals surface area (Å²) >= 11 is 2.01. The van der Waals surface area contributed by atoms with Crippen LogP contribution < -0.4 is 10.1 Å². The van der Waals surface area contributed by atoms with Gasteiger partial charge >= 0.3 is 5.69 Å².